The molecule has 1 heteroatoms. The minimum Gasteiger partial charge on any atom is -0.392 e. The average molecular weight is 218 g/mol. The Morgan fingerprint density at radius 2 is 1.88 bits per heavy atom. The molecule has 0 spiro atoms. The van der Waals surface area contributed by atoms with Crippen LogP contribution in [-0.4, -0.2) is 5.11 Å². The van der Waals surface area contributed by atoms with Gasteiger partial charge in [-0.25, -0.2) is 0 Å². The van der Waals surface area contributed by atoms with Gasteiger partial charge in [0.05, 0.1) is 6.61 Å². The fourth-order valence-electron chi connectivity index (χ4n) is 1.74. The molecule has 0 aliphatic carbocycles. The van der Waals surface area contributed by atoms with Crippen LogP contribution in [0, 0.1) is 0 Å². The summed E-state index contributed by atoms with van der Waals surface area (Å²) in [4.78, 5) is 0. The lowest BCUT2D eigenvalue weighted by Crippen LogP contribution is -1.93. The SMILES string of the molecule is CC(C)=CCC[C@@H](C)c1ccc(CO)cc1. The highest BCUT2D eigenvalue weighted by Gasteiger charge is 2.04. The van der Waals surface area contributed by atoms with Gasteiger partial charge in [-0.1, -0.05) is 42.8 Å². The molecule has 0 saturated heterocycles. The van der Waals surface area contributed by atoms with Crippen molar-refractivity contribution >= 4 is 0 Å². The minimum atomic E-state index is 0.131. The van der Waals surface area contributed by atoms with Gasteiger partial charge in [0, 0.05) is 0 Å². The van der Waals surface area contributed by atoms with Gasteiger partial charge in [-0.05, 0) is 43.7 Å². The molecule has 0 aromatic heterocycles. The van der Waals surface area contributed by atoms with Crippen molar-refractivity contribution in [2.45, 2.75) is 46.1 Å². The second-order valence-corrected chi connectivity index (χ2v) is 4.66. The summed E-state index contributed by atoms with van der Waals surface area (Å²) in [5, 5.41) is 8.96. The summed E-state index contributed by atoms with van der Waals surface area (Å²) in [5.74, 6) is 0.586. The van der Waals surface area contributed by atoms with Crippen LogP contribution in [0.15, 0.2) is 35.9 Å². The summed E-state index contributed by atoms with van der Waals surface area (Å²) in [7, 11) is 0. The van der Waals surface area contributed by atoms with E-state index in [9.17, 15) is 0 Å². The molecule has 88 valence electrons. The fourth-order valence-corrected chi connectivity index (χ4v) is 1.74. The minimum absolute atomic E-state index is 0.131. The van der Waals surface area contributed by atoms with Crippen LogP contribution in [0.2, 0.25) is 0 Å². The van der Waals surface area contributed by atoms with Crippen LogP contribution >= 0.6 is 0 Å². The molecule has 1 nitrogen and oxygen atoms in total. The van der Waals surface area contributed by atoms with Crippen molar-refractivity contribution in [3.8, 4) is 0 Å². The van der Waals surface area contributed by atoms with Crippen LogP contribution in [0.3, 0.4) is 0 Å². The smallest absolute Gasteiger partial charge is 0.0681 e. The zero-order valence-corrected chi connectivity index (χ0v) is 10.5. The monoisotopic (exact) mass is 218 g/mol. The van der Waals surface area contributed by atoms with E-state index < -0.39 is 0 Å². The zero-order chi connectivity index (χ0) is 12.0. The molecule has 0 radical (unpaired) electrons. The molecule has 0 fully saturated rings. The third-order valence-electron chi connectivity index (χ3n) is 2.88. The lowest BCUT2D eigenvalue weighted by molar-refractivity contribution is 0.282. The Balaban J connectivity index is 2.52. The van der Waals surface area contributed by atoms with Gasteiger partial charge in [0.25, 0.3) is 0 Å². The summed E-state index contributed by atoms with van der Waals surface area (Å²) in [6.45, 7) is 6.67. The average Bonchev–Trinajstić information content (AvgIpc) is 2.28. The van der Waals surface area contributed by atoms with Crippen molar-refractivity contribution in [3.63, 3.8) is 0 Å². The van der Waals surface area contributed by atoms with Gasteiger partial charge in [0.2, 0.25) is 0 Å². The molecule has 0 amide bonds. The molecule has 1 aromatic rings. The number of hydrogen-bond donors (Lipinski definition) is 1. The Labute approximate surface area is 98.8 Å². The van der Waals surface area contributed by atoms with E-state index >= 15 is 0 Å². The molecule has 0 heterocycles. The molecular weight excluding hydrogens is 196 g/mol. The van der Waals surface area contributed by atoms with E-state index in [0.717, 1.165) is 12.0 Å². The predicted octanol–water partition coefficient (Wildman–Crippen LogP) is 4.03. The van der Waals surface area contributed by atoms with Gasteiger partial charge in [-0.2, -0.15) is 0 Å². The van der Waals surface area contributed by atoms with E-state index in [1.54, 1.807) is 0 Å². The Morgan fingerprint density at radius 3 is 2.38 bits per heavy atom. The topological polar surface area (TPSA) is 20.2 Å². The van der Waals surface area contributed by atoms with Crippen LogP contribution in [0.25, 0.3) is 0 Å². The van der Waals surface area contributed by atoms with E-state index in [1.165, 1.54) is 17.6 Å². The van der Waals surface area contributed by atoms with Crippen LogP contribution in [-0.2, 0) is 6.61 Å². The van der Waals surface area contributed by atoms with E-state index in [1.807, 2.05) is 12.1 Å². The number of rotatable bonds is 5. The number of aliphatic hydroxyl groups excluding tert-OH is 1. The van der Waals surface area contributed by atoms with Crippen LogP contribution < -0.4 is 0 Å². The first kappa shape index (κ1) is 13.0. The maximum atomic E-state index is 8.96. The first-order valence-electron chi connectivity index (χ1n) is 5.96. The number of allylic oxidation sites excluding steroid dienone is 2. The fraction of sp³-hybridized carbons (Fsp3) is 0.467. The molecule has 1 N–H and O–H groups in total. The highest BCUT2D eigenvalue weighted by Crippen LogP contribution is 2.21. The lowest BCUT2D eigenvalue weighted by atomic mass is 9.95. The van der Waals surface area contributed by atoms with Crippen molar-refractivity contribution in [3.05, 3.63) is 47.0 Å². The summed E-state index contributed by atoms with van der Waals surface area (Å²) >= 11 is 0. The summed E-state index contributed by atoms with van der Waals surface area (Å²) < 4.78 is 0. The summed E-state index contributed by atoms with van der Waals surface area (Å²) in [6.07, 6.45) is 4.62. The van der Waals surface area contributed by atoms with Crippen LogP contribution in [0.4, 0.5) is 0 Å². The van der Waals surface area contributed by atoms with Crippen LogP contribution in [0.5, 0.6) is 0 Å². The van der Waals surface area contributed by atoms with Gasteiger partial charge in [-0.3, -0.25) is 0 Å². The van der Waals surface area contributed by atoms with Gasteiger partial charge in [0.1, 0.15) is 0 Å². The normalized spacial score (nSPS) is 12.2. The first-order chi connectivity index (χ1) is 7.63. The lowest BCUT2D eigenvalue weighted by Gasteiger charge is -2.11. The number of hydrogen-bond acceptors (Lipinski definition) is 1. The predicted molar refractivity (Wildman–Crippen MR) is 69.4 cm³/mol. The molecule has 0 aliphatic heterocycles. The van der Waals surface area contributed by atoms with Gasteiger partial charge >= 0.3 is 0 Å². The highest BCUT2D eigenvalue weighted by atomic mass is 16.3. The second kappa shape index (κ2) is 6.49. The first-order valence-corrected chi connectivity index (χ1v) is 5.96. The van der Waals surface area contributed by atoms with Gasteiger partial charge in [0.15, 0.2) is 0 Å². The highest BCUT2D eigenvalue weighted by molar-refractivity contribution is 5.24. The standard InChI is InChI=1S/C15H22O/c1-12(2)5-4-6-13(3)15-9-7-14(11-16)8-10-15/h5,7-10,13,16H,4,6,11H2,1-3H3/t13-/m1/s1. The molecule has 0 aliphatic rings. The molecule has 1 aromatic carbocycles. The van der Waals surface area contributed by atoms with E-state index in [2.05, 4.69) is 39.0 Å². The van der Waals surface area contributed by atoms with Crippen LogP contribution in [0.1, 0.15) is 50.7 Å². The zero-order valence-electron chi connectivity index (χ0n) is 10.5. The third kappa shape index (κ3) is 4.19. The maximum Gasteiger partial charge on any atom is 0.0681 e. The molecular formula is C15H22O. The third-order valence-corrected chi connectivity index (χ3v) is 2.88. The van der Waals surface area contributed by atoms with Crippen molar-refractivity contribution in [1.29, 1.82) is 0 Å². The quantitative estimate of drug-likeness (QED) is 0.740. The molecule has 0 unspecified atom stereocenters. The summed E-state index contributed by atoms with van der Waals surface area (Å²) in [6, 6.07) is 8.26. The Morgan fingerprint density at radius 1 is 1.25 bits per heavy atom. The second-order valence-electron chi connectivity index (χ2n) is 4.66. The molecule has 0 saturated carbocycles. The number of aliphatic hydroxyl groups is 1. The van der Waals surface area contributed by atoms with E-state index in [-0.39, 0.29) is 6.61 Å². The Bertz CT molecular complexity index is 331. The van der Waals surface area contributed by atoms with Crippen molar-refractivity contribution < 1.29 is 5.11 Å². The number of benzene rings is 1. The van der Waals surface area contributed by atoms with Crippen molar-refractivity contribution in [2.24, 2.45) is 0 Å². The van der Waals surface area contributed by atoms with E-state index in [4.69, 9.17) is 5.11 Å². The largest absolute Gasteiger partial charge is 0.392 e. The maximum absolute atomic E-state index is 8.96. The molecule has 1 rings (SSSR count). The molecule has 0 bridgehead atoms. The van der Waals surface area contributed by atoms with E-state index in [0.29, 0.717) is 5.92 Å². The van der Waals surface area contributed by atoms with Gasteiger partial charge in [-0.15, -0.1) is 0 Å². The Hall–Kier alpha value is -1.08. The molecule has 16 heavy (non-hydrogen) atoms. The Kier molecular flexibility index (Phi) is 5.27. The van der Waals surface area contributed by atoms with Crippen molar-refractivity contribution in [2.75, 3.05) is 0 Å². The molecule has 1 atom stereocenters. The summed E-state index contributed by atoms with van der Waals surface area (Å²) in [5.41, 5.74) is 3.74. The van der Waals surface area contributed by atoms with Gasteiger partial charge < -0.3 is 5.11 Å². The van der Waals surface area contributed by atoms with Crippen molar-refractivity contribution in [1.82, 2.24) is 0 Å².